The number of carbonyl (C=O) groups excluding carboxylic acids is 5. The van der Waals surface area contributed by atoms with Crippen LogP contribution in [0.25, 0.3) is 0 Å². The van der Waals surface area contributed by atoms with Crippen LogP contribution < -0.4 is 16.0 Å². The van der Waals surface area contributed by atoms with Crippen LogP contribution in [0.2, 0.25) is 0 Å². The van der Waals surface area contributed by atoms with Crippen LogP contribution in [0.1, 0.15) is 97.3 Å². The van der Waals surface area contributed by atoms with Crippen molar-refractivity contribution in [1.29, 1.82) is 0 Å². The second-order valence-electron chi connectivity index (χ2n) is 9.31. The molecule has 0 spiro atoms. The Labute approximate surface area is 215 Å². The predicted octanol–water partition coefficient (Wildman–Crippen LogP) is 4.48. The summed E-state index contributed by atoms with van der Waals surface area (Å²) in [6, 6.07) is 8.85. The molecule has 3 amide bonds. The van der Waals surface area contributed by atoms with E-state index < -0.39 is 6.04 Å². The van der Waals surface area contributed by atoms with Gasteiger partial charge in [0.05, 0.1) is 6.04 Å². The Morgan fingerprint density at radius 3 is 1.89 bits per heavy atom. The maximum Gasteiger partial charge on any atom is 0.224 e. The minimum atomic E-state index is -0.499. The second-order valence-corrected chi connectivity index (χ2v) is 9.31. The van der Waals surface area contributed by atoms with E-state index in [0.29, 0.717) is 45.1 Å². The number of hydrogen-bond acceptors (Lipinski definition) is 5. The van der Waals surface area contributed by atoms with Crippen LogP contribution in [0.4, 0.5) is 5.69 Å². The lowest BCUT2D eigenvalue weighted by Gasteiger charge is -2.16. The second kappa shape index (κ2) is 19.2. The van der Waals surface area contributed by atoms with Gasteiger partial charge in [0.15, 0.2) is 5.78 Å². The van der Waals surface area contributed by atoms with Gasteiger partial charge in [0.25, 0.3) is 0 Å². The third-order valence-electron chi connectivity index (χ3n) is 5.87. The molecule has 1 aromatic carbocycles. The van der Waals surface area contributed by atoms with Gasteiger partial charge in [-0.2, -0.15) is 0 Å². The summed E-state index contributed by atoms with van der Waals surface area (Å²) in [4.78, 5) is 58.8. The summed E-state index contributed by atoms with van der Waals surface area (Å²) in [5, 5.41) is 8.55. The first kappa shape index (κ1) is 31.0. The highest BCUT2D eigenvalue weighted by molar-refractivity contribution is 5.90. The lowest BCUT2D eigenvalue weighted by Crippen LogP contribution is -2.39. The van der Waals surface area contributed by atoms with Crippen LogP contribution in [0, 0.1) is 0 Å². The average molecular weight is 502 g/mol. The van der Waals surface area contributed by atoms with E-state index in [1.54, 1.807) is 6.92 Å². The molecule has 8 nitrogen and oxygen atoms in total. The third-order valence-corrected chi connectivity index (χ3v) is 5.87. The van der Waals surface area contributed by atoms with E-state index in [2.05, 4.69) is 16.0 Å². The van der Waals surface area contributed by atoms with Gasteiger partial charge in [-0.3, -0.25) is 19.2 Å². The number of nitrogens with one attached hydrogen (secondary N) is 3. The first-order chi connectivity index (χ1) is 17.3. The smallest absolute Gasteiger partial charge is 0.224 e. The molecule has 0 aliphatic carbocycles. The molecular formula is C28H43N3O5. The molecule has 3 N–H and O–H groups in total. The number of Topliss-reactive ketones (excluding diaryl/α,β-unsaturated/α-hetero) is 2. The Morgan fingerprint density at radius 1 is 0.667 bits per heavy atom. The summed E-state index contributed by atoms with van der Waals surface area (Å²) in [6.45, 7) is 3.57. The van der Waals surface area contributed by atoms with Gasteiger partial charge in [-0.1, -0.05) is 31.0 Å². The van der Waals surface area contributed by atoms with Crippen molar-refractivity contribution < 1.29 is 24.0 Å². The fraction of sp³-hybridized carbons (Fsp3) is 0.607. The van der Waals surface area contributed by atoms with Crippen LogP contribution in [-0.4, -0.2) is 41.9 Å². The van der Waals surface area contributed by atoms with Crippen molar-refractivity contribution in [1.82, 2.24) is 10.6 Å². The highest BCUT2D eigenvalue weighted by Gasteiger charge is 2.16. The van der Waals surface area contributed by atoms with E-state index in [1.165, 1.54) is 6.92 Å². The number of carbonyl (C=O) groups is 5. The summed E-state index contributed by atoms with van der Waals surface area (Å²) >= 11 is 0. The zero-order valence-electron chi connectivity index (χ0n) is 21.9. The predicted molar refractivity (Wildman–Crippen MR) is 141 cm³/mol. The molecule has 1 aromatic rings. The van der Waals surface area contributed by atoms with Crippen molar-refractivity contribution in [3.63, 3.8) is 0 Å². The molecule has 0 aromatic heterocycles. The highest BCUT2D eigenvalue weighted by atomic mass is 16.2. The van der Waals surface area contributed by atoms with Gasteiger partial charge in [0.1, 0.15) is 5.78 Å². The summed E-state index contributed by atoms with van der Waals surface area (Å²) < 4.78 is 0. The number of hydrogen-bond donors (Lipinski definition) is 3. The number of amides is 3. The van der Waals surface area contributed by atoms with Gasteiger partial charge in [-0.15, -0.1) is 0 Å². The summed E-state index contributed by atoms with van der Waals surface area (Å²) in [6.07, 6.45) is 8.39. The molecule has 0 unspecified atom stereocenters. The van der Waals surface area contributed by atoms with Crippen LogP contribution in [0.5, 0.6) is 0 Å². The van der Waals surface area contributed by atoms with Gasteiger partial charge in [-0.25, -0.2) is 0 Å². The maximum absolute atomic E-state index is 12.2. The summed E-state index contributed by atoms with van der Waals surface area (Å²) in [7, 11) is 0. The number of anilines is 1. The van der Waals surface area contributed by atoms with Crippen molar-refractivity contribution in [2.24, 2.45) is 0 Å². The molecule has 0 aliphatic rings. The molecular weight excluding hydrogens is 458 g/mol. The lowest BCUT2D eigenvalue weighted by molar-refractivity contribution is -0.127. The Bertz CT molecular complexity index is 826. The fourth-order valence-electron chi connectivity index (χ4n) is 3.76. The van der Waals surface area contributed by atoms with Crippen LogP contribution >= 0.6 is 0 Å². The van der Waals surface area contributed by atoms with Crippen LogP contribution in [0.15, 0.2) is 30.3 Å². The number of unbranched alkanes of at least 4 members (excludes halogenated alkanes) is 5. The quantitative estimate of drug-likeness (QED) is 0.228. The molecule has 0 heterocycles. The van der Waals surface area contributed by atoms with Gasteiger partial charge >= 0.3 is 0 Å². The summed E-state index contributed by atoms with van der Waals surface area (Å²) in [5.74, 6) is -0.0828. The van der Waals surface area contributed by atoms with Gasteiger partial charge in [0.2, 0.25) is 17.7 Å². The Morgan fingerprint density at radius 2 is 1.25 bits per heavy atom. The lowest BCUT2D eigenvalue weighted by atomic mass is 10.0. The van der Waals surface area contributed by atoms with Crippen molar-refractivity contribution in [3.05, 3.63) is 30.3 Å². The highest BCUT2D eigenvalue weighted by Crippen LogP contribution is 2.10. The molecule has 200 valence electrons. The maximum atomic E-state index is 12.2. The van der Waals surface area contributed by atoms with E-state index in [4.69, 9.17) is 0 Å². The van der Waals surface area contributed by atoms with Crippen molar-refractivity contribution >= 4 is 35.0 Å². The van der Waals surface area contributed by atoms with Gasteiger partial charge in [-0.05, 0) is 70.9 Å². The van der Waals surface area contributed by atoms with Gasteiger partial charge < -0.3 is 20.7 Å². The van der Waals surface area contributed by atoms with Crippen molar-refractivity contribution in [2.45, 2.75) is 103 Å². The molecule has 0 saturated carbocycles. The number of benzene rings is 1. The van der Waals surface area contributed by atoms with Crippen molar-refractivity contribution in [2.75, 3.05) is 11.9 Å². The zero-order chi connectivity index (χ0) is 26.6. The number of rotatable bonds is 20. The standard InChI is InChI=1S/C28H43N3O5/c1-22(32)14-10-11-18-26(34)29-21-13-12-17-25(23(2)33)31-28(36)20-9-4-3-8-19-27(35)30-24-15-6-5-7-16-24/h5-7,15-16,25H,3-4,8-14,17-21H2,1-2H3,(H,29,34)(H,30,35)(H,31,36)/t25-/m0/s1. The minimum absolute atomic E-state index is 0.00697. The molecule has 0 bridgehead atoms. The monoisotopic (exact) mass is 501 g/mol. The molecule has 0 aliphatic heterocycles. The van der Waals surface area contributed by atoms with E-state index in [-0.39, 0.29) is 29.3 Å². The molecule has 36 heavy (non-hydrogen) atoms. The van der Waals surface area contributed by atoms with Crippen molar-refractivity contribution in [3.8, 4) is 0 Å². The van der Waals surface area contributed by atoms with E-state index in [0.717, 1.165) is 50.6 Å². The molecule has 0 fully saturated rings. The first-order valence-corrected chi connectivity index (χ1v) is 13.2. The molecule has 1 rings (SSSR count). The van der Waals surface area contributed by atoms with Crippen LogP contribution in [-0.2, 0) is 24.0 Å². The van der Waals surface area contributed by atoms with E-state index in [9.17, 15) is 24.0 Å². The third kappa shape index (κ3) is 16.6. The largest absolute Gasteiger partial charge is 0.356 e. The molecule has 1 atom stereocenters. The Hall–Kier alpha value is -3.03. The normalized spacial score (nSPS) is 11.4. The van der Waals surface area contributed by atoms with Crippen LogP contribution in [0.3, 0.4) is 0 Å². The number of para-hydroxylation sites is 1. The first-order valence-electron chi connectivity index (χ1n) is 13.2. The minimum Gasteiger partial charge on any atom is -0.356 e. The topological polar surface area (TPSA) is 121 Å². The summed E-state index contributed by atoms with van der Waals surface area (Å²) in [5.41, 5.74) is 0.793. The Balaban J connectivity index is 2.08. The molecule has 0 radical (unpaired) electrons. The van der Waals surface area contributed by atoms with Gasteiger partial charge in [0, 0.05) is 37.9 Å². The average Bonchev–Trinajstić information content (AvgIpc) is 2.83. The molecule has 8 heteroatoms. The SMILES string of the molecule is CC(=O)CCCCC(=O)NCCCC[C@H](NC(=O)CCCCCCC(=O)Nc1ccccc1)C(C)=O. The van der Waals surface area contributed by atoms with E-state index >= 15 is 0 Å². The fourth-order valence-corrected chi connectivity index (χ4v) is 3.76. The molecule has 0 saturated heterocycles. The number of ketones is 2. The zero-order valence-corrected chi connectivity index (χ0v) is 21.9. The van der Waals surface area contributed by atoms with E-state index in [1.807, 2.05) is 30.3 Å². The Kier molecular flexibility index (Phi) is 16.5.